The fourth-order valence-electron chi connectivity index (χ4n) is 3.45. The van der Waals surface area contributed by atoms with Crippen LogP contribution in [0, 0.1) is 18.8 Å². The van der Waals surface area contributed by atoms with Gasteiger partial charge in [0.05, 0.1) is 5.69 Å². The van der Waals surface area contributed by atoms with Gasteiger partial charge in [0.2, 0.25) is 0 Å². The second-order valence-electron chi connectivity index (χ2n) is 7.30. The summed E-state index contributed by atoms with van der Waals surface area (Å²) in [6, 6.07) is 5.16. The Kier molecular flexibility index (Phi) is 4.68. The Morgan fingerprint density at radius 3 is 2.86 bits per heavy atom. The van der Waals surface area contributed by atoms with E-state index in [4.69, 9.17) is 10.3 Å². The van der Waals surface area contributed by atoms with Crippen molar-refractivity contribution in [3.05, 3.63) is 58.4 Å². The van der Waals surface area contributed by atoms with Gasteiger partial charge in [-0.05, 0) is 51.7 Å². The summed E-state index contributed by atoms with van der Waals surface area (Å²) in [5.41, 5.74) is 7.24. The van der Waals surface area contributed by atoms with Crippen molar-refractivity contribution < 1.29 is 14.4 Å². The molecule has 8 heteroatoms. The number of carbonyl (C=O) groups is 1. The van der Waals surface area contributed by atoms with Crippen molar-refractivity contribution in [1.82, 2.24) is 19.9 Å². The van der Waals surface area contributed by atoms with E-state index in [1.165, 1.54) is 0 Å². The van der Waals surface area contributed by atoms with Crippen LogP contribution in [0.1, 0.15) is 58.5 Å². The molecule has 1 amide bonds. The first-order valence-electron chi connectivity index (χ1n) is 9.41. The first-order chi connectivity index (χ1) is 13.8. The van der Waals surface area contributed by atoms with E-state index < -0.39 is 11.5 Å². The molecule has 0 bridgehead atoms. The molecule has 3 N–H and O–H groups in total. The van der Waals surface area contributed by atoms with Gasteiger partial charge in [-0.1, -0.05) is 17.0 Å². The minimum atomic E-state index is -1.45. The van der Waals surface area contributed by atoms with E-state index in [-0.39, 0.29) is 0 Å². The van der Waals surface area contributed by atoms with Crippen LogP contribution < -0.4 is 5.73 Å². The summed E-state index contributed by atoms with van der Waals surface area (Å²) in [6.07, 6.45) is 5.25. The second kappa shape index (κ2) is 7.18. The molecule has 0 spiro atoms. The van der Waals surface area contributed by atoms with Crippen LogP contribution in [-0.4, -0.2) is 30.9 Å². The molecule has 1 atom stereocenters. The largest absolute Gasteiger partial charge is 0.372 e. The van der Waals surface area contributed by atoms with Gasteiger partial charge >= 0.3 is 0 Å². The van der Waals surface area contributed by atoms with Crippen LogP contribution >= 0.6 is 0 Å². The maximum absolute atomic E-state index is 11.8. The molecule has 3 aromatic heterocycles. The molecule has 3 aromatic rings. The molecule has 1 aliphatic rings. The molecule has 0 saturated heterocycles. The Morgan fingerprint density at radius 2 is 2.14 bits per heavy atom. The summed E-state index contributed by atoms with van der Waals surface area (Å²) < 4.78 is 6.70. The van der Waals surface area contributed by atoms with Crippen LogP contribution in [-0.2, 0) is 18.4 Å². The number of nitrogens with two attached hydrogens (primary N) is 1. The van der Waals surface area contributed by atoms with E-state index in [1.54, 1.807) is 42.9 Å². The third kappa shape index (κ3) is 3.65. The summed E-state index contributed by atoms with van der Waals surface area (Å²) in [7, 11) is 0. The molecule has 1 aliphatic carbocycles. The van der Waals surface area contributed by atoms with Crippen molar-refractivity contribution in [2.45, 2.75) is 45.1 Å². The molecule has 3 heterocycles. The lowest BCUT2D eigenvalue weighted by Crippen LogP contribution is -2.18. The van der Waals surface area contributed by atoms with Gasteiger partial charge in [-0.3, -0.25) is 4.79 Å². The van der Waals surface area contributed by atoms with Crippen molar-refractivity contribution in [2.24, 2.45) is 5.73 Å². The molecule has 29 heavy (non-hydrogen) atoms. The van der Waals surface area contributed by atoms with E-state index in [2.05, 4.69) is 27.1 Å². The van der Waals surface area contributed by atoms with Gasteiger partial charge in [0.1, 0.15) is 11.5 Å². The Labute approximate surface area is 167 Å². The van der Waals surface area contributed by atoms with Gasteiger partial charge in [-0.2, -0.15) is 5.10 Å². The van der Waals surface area contributed by atoms with E-state index in [1.807, 2.05) is 0 Å². The van der Waals surface area contributed by atoms with Gasteiger partial charge < -0.3 is 15.4 Å². The van der Waals surface area contributed by atoms with Crippen molar-refractivity contribution in [3.63, 3.8) is 0 Å². The number of hydrogen-bond acceptors (Lipinski definition) is 6. The summed E-state index contributed by atoms with van der Waals surface area (Å²) in [5, 5.41) is 18.8. The van der Waals surface area contributed by atoms with Crippen molar-refractivity contribution in [3.8, 4) is 17.7 Å². The van der Waals surface area contributed by atoms with Gasteiger partial charge in [-0.25, -0.2) is 9.67 Å². The molecule has 0 fully saturated rings. The minimum absolute atomic E-state index is 0.308. The Bertz CT molecular complexity index is 1150. The summed E-state index contributed by atoms with van der Waals surface area (Å²) in [4.78, 5) is 16.2. The van der Waals surface area contributed by atoms with Gasteiger partial charge in [0.15, 0.2) is 17.1 Å². The molecule has 0 saturated carbocycles. The summed E-state index contributed by atoms with van der Waals surface area (Å²) in [5.74, 6) is 6.40. The molecule has 148 valence electrons. The predicted molar refractivity (Wildman–Crippen MR) is 104 cm³/mol. The monoisotopic (exact) mass is 391 g/mol. The number of aromatic nitrogens is 4. The van der Waals surface area contributed by atoms with Crippen LogP contribution in [0.25, 0.3) is 5.82 Å². The van der Waals surface area contributed by atoms with E-state index in [0.29, 0.717) is 28.5 Å². The SMILES string of the molecule is Cc1cc([C@](C)(O)C#Cc2ccnc(-n3nc(C(N)=O)c4c3CCCC4)c2)no1. The molecular formula is C21H21N5O3. The van der Waals surface area contributed by atoms with E-state index >= 15 is 0 Å². The van der Waals surface area contributed by atoms with Crippen molar-refractivity contribution in [2.75, 3.05) is 0 Å². The number of pyridine rings is 1. The topological polar surface area (TPSA) is 120 Å². The molecule has 0 unspecified atom stereocenters. The smallest absolute Gasteiger partial charge is 0.269 e. The number of aryl methyl sites for hydroxylation is 1. The Hall–Kier alpha value is -3.44. The van der Waals surface area contributed by atoms with Crippen molar-refractivity contribution >= 4 is 5.91 Å². The molecular weight excluding hydrogens is 370 g/mol. The zero-order valence-corrected chi connectivity index (χ0v) is 16.3. The number of primary amides is 1. The van der Waals surface area contributed by atoms with Crippen molar-refractivity contribution in [1.29, 1.82) is 0 Å². The number of aliphatic hydroxyl groups is 1. The van der Waals surface area contributed by atoms with Gasteiger partial charge in [0.25, 0.3) is 5.91 Å². The van der Waals surface area contributed by atoms with Crippen LogP contribution in [0.15, 0.2) is 28.9 Å². The van der Waals surface area contributed by atoms with Crippen LogP contribution in [0.5, 0.6) is 0 Å². The molecule has 4 rings (SSSR count). The first-order valence-corrected chi connectivity index (χ1v) is 9.41. The normalized spacial score (nSPS) is 15.1. The molecule has 0 aromatic carbocycles. The maximum Gasteiger partial charge on any atom is 0.269 e. The highest BCUT2D eigenvalue weighted by molar-refractivity contribution is 5.92. The number of rotatable bonds is 3. The summed E-state index contributed by atoms with van der Waals surface area (Å²) in [6.45, 7) is 3.31. The Balaban J connectivity index is 1.70. The number of hydrogen-bond donors (Lipinski definition) is 2. The van der Waals surface area contributed by atoms with Gasteiger partial charge in [0, 0.05) is 23.4 Å². The van der Waals surface area contributed by atoms with Crippen LogP contribution in [0.4, 0.5) is 0 Å². The van der Waals surface area contributed by atoms with E-state index in [0.717, 1.165) is 36.9 Å². The lowest BCUT2D eigenvalue weighted by Gasteiger charge is -2.13. The quantitative estimate of drug-likeness (QED) is 0.657. The first kappa shape index (κ1) is 18.9. The highest BCUT2D eigenvalue weighted by atomic mass is 16.5. The third-order valence-electron chi connectivity index (χ3n) is 4.95. The zero-order chi connectivity index (χ0) is 20.6. The average Bonchev–Trinajstić information content (AvgIpc) is 3.31. The standard InChI is InChI=1S/C21H21N5O3/c1-13-11-17(25-29-13)21(2,28)9-7-14-8-10-23-18(12-14)26-16-6-4-3-5-15(16)19(24-26)20(22)27/h8,10-12,28H,3-6H2,1-2H3,(H2,22,27)/t21-/m1/s1. The fraction of sp³-hybridized carbons (Fsp3) is 0.333. The summed E-state index contributed by atoms with van der Waals surface area (Å²) >= 11 is 0. The Morgan fingerprint density at radius 1 is 1.34 bits per heavy atom. The number of carbonyl (C=O) groups excluding carboxylic acids is 1. The maximum atomic E-state index is 11.8. The zero-order valence-electron chi connectivity index (χ0n) is 16.3. The number of fused-ring (bicyclic) bond motifs is 1. The highest BCUT2D eigenvalue weighted by Gasteiger charge is 2.25. The number of amides is 1. The molecule has 0 aliphatic heterocycles. The lowest BCUT2D eigenvalue weighted by molar-refractivity contribution is 0.0994. The van der Waals surface area contributed by atoms with E-state index in [9.17, 15) is 9.90 Å². The third-order valence-corrected chi connectivity index (χ3v) is 4.95. The number of nitrogens with zero attached hydrogens (tertiary/aromatic N) is 4. The van der Waals surface area contributed by atoms with Crippen LogP contribution in [0.2, 0.25) is 0 Å². The molecule has 0 radical (unpaired) electrons. The second-order valence-corrected chi connectivity index (χ2v) is 7.30. The predicted octanol–water partition coefficient (Wildman–Crippen LogP) is 1.80. The lowest BCUT2D eigenvalue weighted by atomic mass is 9.95. The highest BCUT2D eigenvalue weighted by Crippen LogP contribution is 2.26. The van der Waals surface area contributed by atoms with Crippen LogP contribution in [0.3, 0.4) is 0 Å². The molecule has 8 nitrogen and oxygen atoms in total. The fourth-order valence-corrected chi connectivity index (χ4v) is 3.45. The van der Waals surface area contributed by atoms with Gasteiger partial charge in [-0.15, -0.1) is 0 Å². The minimum Gasteiger partial charge on any atom is -0.372 e. The average molecular weight is 391 g/mol.